The van der Waals surface area contributed by atoms with Gasteiger partial charge in [-0.1, -0.05) is 41.1 Å². The van der Waals surface area contributed by atoms with Gasteiger partial charge in [-0.05, 0) is 49.2 Å². The van der Waals surface area contributed by atoms with Crippen LogP contribution in [0.1, 0.15) is 11.1 Å². The third kappa shape index (κ3) is 3.21. The SMILES string of the molecule is Cc1cc(C)cc(Nc2nnc(-c3cc4cccc(Cl)c4oc3=O)s2)c1. The highest BCUT2D eigenvalue weighted by molar-refractivity contribution is 7.18. The van der Waals surface area contributed by atoms with Gasteiger partial charge in [0, 0.05) is 11.1 Å². The summed E-state index contributed by atoms with van der Waals surface area (Å²) in [4.78, 5) is 12.3. The Labute approximate surface area is 158 Å². The molecule has 0 unspecified atom stereocenters. The van der Waals surface area contributed by atoms with Crippen LogP contribution in [0.3, 0.4) is 0 Å². The first-order chi connectivity index (χ1) is 12.5. The number of para-hydroxylation sites is 1. The molecular weight excluding hydrogens is 370 g/mol. The second-order valence-corrected chi connectivity index (χ2v) is 7.40. The van der Waals surface area contributed by atoms with Gasteiger partial charge < -0.3 is 9.73 Å². The number of hydrogen-bond acceptors (Lipinski definition) is 6. The van der Waals surface area contributed by atoms with Crippen LogP contribution in [0.25, 0.3) is 21.5 Å². The number of benzene rings is 2. The molecule has 0 spiro atoms. The minimum Gasteiger partial charge on any atom is -0.421 e. The third-order valence-electron chi connectivity index (χ3n) is 3.84. The second kappa shape index (κ2) is 6.55. The predicted octanol–water partition coefficient (Wildman–Crippen LogP) is 5.33. The summed E-state index contributed by atoms with van der Waals surface area (Å²) < 4.78 is 5.37. The van der Waals surface area contributed by atoms with E-state index in [0.717, 1.165) is 22.2 Å². The van der Waals surface area contributed by atoms with E-state index in [1.54, 1.807) is 12.1 Å². The first-order valence-electron chi connectivity index (χ1n) is 7.91. The van der Waals surface area contributed by atoms with Gasteiger partial charge in [0.15, 0.2) is 10.6 Å². The Balaban J connectivity index is 1.71. The Morgan fingerprint density at radius 3 is 2.62 bits per heavy atom. The fourth-order valence-electron chi connectivity index (χ4n) is 2.81. The summed E-state index contributed by atoms with van der Waals surface area (Å²) in [6.45, 7) is 4.07. The van der Waals surface area contributed by atoms with Gasteiger partial charge in [0.05, 0.1) is 10.6 Å². The molecule has 5 nitrogen and oxygen atoms in total. The minimum atomic E-state index is -0.486. The van der Waals surface area contributed by atoms with Crippen molar-refractivity contribution in [2.24, 2.45) is 0 Å². The van der Waals surface area contributed by atoms with Gasteiger partial charge in [0.1, 0.15) is 0 Å². The van der Waals surface area contributed by atoms with Crippen molar-refractivity contribution in [1.82, 2.24) is 10.2 Å². The summed E-state index contributed by atoms with van der Waals surface area (Å²) in [5, 5.41) is 13.7. The van der Waals surface area contributed by atoms with Crippen LogP contribution in [0, 0.1) is 13.8 Å². The maximum absolute atomic E-state index is 12.3. The lowest BCUT2D eigenvalue weighted by atomic mass is 10.1. The predicted molar refractivity (Wildman–Crippen MR) is 106 cm³/mol. The molecule has 2 aromatic heterocycles. The van der Waals surface area contributed by atoms with E-state index in [4.69, 9.17) is 16.0 Å². The lowest BCUT2D eigenvalue weighted by Gasteiger charge is -2.04. The highest BCUT2D eigenvalue weighted by Crippen LogP contribution is 2.30. The largest absolute Gasteiger partial charge is 0.421 e. The van der Waals surface area contributed by atoms with Crippen LogP contribution < -0.4 is 10.9 Å². The van der Waals surface area contributed by atoms with E-state index < -0.39 is 5.63 Å². The first kappa shape index (κ1) is 16.8. The molecule has 0 fully saturated rings. The number of rotatable bonds is 3. The van der Waals surface area contributed by atoms with Gasteiger partial charge in [0.2, 0.25) is 5.13 Å². The molecule has 0 aliphatic rings. The second-order valence-electron chi connectivity index (χ2n) is 6.02. The van der Waals surface area contributed by atoms with Crippen LogP contribution in [0.4, 0.5) is 10.8 Å². The molecule has 2 aromatic carbocycles. The fourth-order valence-corrected chi connectivity index (χ4v) is 3.80. The van der Waals surface area contributed by atoms with Crippen LogP contribution in [-0.4, -0.2) is 10.2 Å². The number of aryl methyl sites for hydroxylation is 2. The Hall–Kier alpha value is -2.70. The van der Waals surface area contributed by atoms with E-state index in [1.807, 2.05) is 38.1 Å². The number of aromatic nitrogens is 2. The average Bonchev–Trinajstić information content (AvgIpc) is 3.02. The maximum atomic E-state index is 12.3. The monoisotopic (exact) mass is 383 g/mol. The van der Waals surface area contributed by atoms with Crippen LogP contribution in [-0.2, 0) is 0 Å². The molecule has 0 saturated heterocycles. The van der Waals surface area contributed by atoms with Crippen LogP contribution in [0.15, 0.2) is 51.7 Å². The van der Waals surface area contributed by atoms with E-state index in [2.05, 4.69) is 21.6 Å². The molecule has 0 aliphatic carbocycles. The van der Waals surface area contributed by atoms with Crippen molar-refractivity contribution in [3.8, 4) is 10.6 Å². The zero-order valence-electron chi connectivity index (χ0n) is 14.0. The van der Waals surface area contributed by atoms with E-state index >= 15 is 0 Å². The highest BCUT2D eigenvalue weighted by atomic mass is 35.5. The summed E-state index contributed by atoms with van der Waals surface area (Å²) >= 11 is 7.37. The molecule has 0 atom stereocenters. The summed E-state index contributed by atoms with van der Waals surface area (Å²) in [5.74, 6) is 0. The number of anilines is 2. The summed E-state index contributed by atoms with van der Waals surface area (Å²) in [7, 11) is 0. The Morgan fingerprint density at radius 2 is 1.85 bits per heavy atom. The van der Waals surface area contributed by atoms with Crippen molar-refractivity contribution < 1.29 is 4.42 Å². The zero-order valence-corrected chi connectivity index (χ0v) is 15.6. The molecule has 0 aliphatic heterocycles. The lowest BCUT2D eigenvalue weighted by Crippen LogP contribution is -2.02. The molecule has 26 heavy (non-hydrogen) atoms. The van der Waals surface area contributed by atoms with Gasteiger partial charge in [0.25, 0.3) is 0 Å². The number of nitrogens with one attached hydrogen (secondary N) is 1. The maximum Gasteiger partial charge on any atom is 0.346 e. The zero-order chi connectivity index (χ0) is 18.3. The number of nitrogens with zero attached hydrogens (tertiary/aromatic N) is 2. The van der Waals surface area contributed by atoms with E-state index in [1.165, 1.54) is 11.3 Å². The van der Waals surface area contributed by atoms with Gasteiger partial charge in [-0.25, -0.2) is 4.79 Å². The van der Waals surface area contributed by atoms with Crippen LogP contribution >= 0.6 is 22.9 Å². The molecule has 2 heterocycles. The summed E-state index contributed by atoms with van der Waals surface area (Å²) in [6.07, 6.45) is 0. The fraction of sp³-hybridized carbons (Fsp3) is 0.105. The molecule has 7 heteroatoms. The molecular formula is C19H14ClN3O2S. The lowest BCUT2D eigenvalue weighted by molar-refractivity contribution is 0.563. The average molecular weight is 384 g/mol. The van der Waals surface area contributed by atoms with E-state index in [9.17, 15) is 4.79 Å². The molecule has 0 bridgehead atoms. The van der Waals surface area contributed by atoms with E-state index in [0.29, 0.717) is 26.3 Å². The van der Waals surface area contributed by atoms with Crippen LogP contribution in [0.2, 0.25) is 5.02 Å². The van der Waals surface area contributed by atoms with Crippen molar-refractivity contribution in [3.63, 3.8) is 0 Å². The van der Waals surface area contributed by atoms with Crippen molar-refractivity contribution >= 4 is 44.7 Å². The molecule has 1 N–H and O–H groups in total. The summed E-state index contributed by atoms with van der Waals surface area (Å²) in [6, 6.07) is 13.2. The van der Waals surface area contributed by atoms with Crippen LogP contribution in [0.5, 0.6) is 0 Å². The topological polar surface area (TPSA) is 68.0 Å². The number of hydrogen-bond donors (Lipinski definition) is 1. The molecule has 4 aromatic rings. The standard InChI is InChI=1S/C19H14ClN3O2S/c1-10-6-11(2)8-13(7-10)21-19-23-22-17(26-19)14-9-12-4-3-5-15(20)16(12)25-18(14)24/h3-9H,1-2H3,(H,21,23). The summed E-state index contributed by atoms with van der Waals surface area (Å²) in [5.41, 5.74) is 3.50. The van der Waals surface area contributed by atoms with Gasteiger partial charge >= 0.3 is 5.63 Å². The van der Waals surface area contributed by atoms with Crippen molar-refractivity contribution in [2.45, 2.75) is 13.8 Å². The van der Waals surface area contributed by atoms with Crippen molar-refractivity contribution in [1.29, 1.82) is 0 Å². The van der Waals surface area contributed by atoms with Gasteiger partial charge in [-0.3, -0.25) is 0 Å². The van der Waals surface area contributed by atoms with Crippen molar-refractivity contribution in [3.05, 3.63) is 69.0 Å². The first-order valence-corrected chi connectivity index (χ1v) is 9.10. The molecule has 0 radical (unpaired) electrons. The number of halogens is 1. The Morgan fingerprint density at radius 1 is 1.08 bits per heavy atom. The molecule has 0 amide bonds. The smallest absolute Gasteiger partial charge is 0.346 e. The molecule has 4 rings (SSSR count). The quantitative estimate of drug-likeness (QED) is 0.484. The Bertz CT molecular complexity index is 1160. The Kier molecular flexibility index (Phi) is 4.22. The number of fused-ring (bicyclic) bond motifs is 1. The normalized spacial score (nSPS) is 11.0. The highest BCUT2D eigenvalue weighted by Gasteiger charge is 2.14. The minimum absolute atomic E-state index is 0.366. The van der Waals surface area contributed by atoms with Crippen molar-refractivity contribution in [2.75, 3.05) is 5.32 Å². The van der Waals surface area contributed by atoms with E-state index in [-0.39, 0.29) is 0 Å². The van der Waals surface area contributed by atoms with Gasteiger partial charge in [-0.2, -0.15) is 0 Å². The third-order valence-corrected chi connectivity index (χ3v) is 5.01. The molecule has 0 saturated carbocycles. The van der Waals surface area contributed by atoms with Gasteiger partial charge in [-0.15, -0.1) is 10.2 Å². The molecule has 130 valence electrons.